The lowest BCUT2D eigenvalue weighted by molar-refractivity contribution is -0.163. The van der Waals surface area contributed by atoms with Crippen LogP contribution in [0.5, 0.6) is 0 Å². The van der Waals surface area contributed by atoms with E-state index in [9.17, 15) is 0 Å². The number of ether oxygens (including phenoxy) is 2. The van der Waals surface area contributed by atoms with Crippen LogP contribution in [0.4, 0.5) is 0 Å². The zero-order valence-corrected chi connectivity index (χ0v) is 24.9. The Morgan fingerprint density at radius 3 is 1.97 bits per heavy atom. The van der Waals surface area contributed by atoms with Crippen molar-refractivity contribution in [2.45, 2.75) is 159 Å². The predicted octanol–water partition coefficient (Wildman–Crippen LogP) is 10.4. The summed E-state index contributed by atoms with van der Waals surface area (Å²) in [4.78, 5) is 0. The van der Waals surface area contributed by atoms with Gasteiger partial charge in [-0.2, -0.15) is 0 Å². The van der Waals surface area contributed by atoms with Gasteiger partial charge in [0.15, 0.2) is 6.29 Å². The highest BCUT2D eigenvalue weighted by Gasteiger charge is 2.40. The maximum absolute atomic E-state index is 6.00. The molecule has 206 valence electrons. The lowest BCUT2D eigenvalue weighted by atomic mass is 10.0. The van der Waals surface area contributed by atoms with Crippen molar-refractivity contribution in [2.24, 2.45) is 11.8 Å². The molecule has 3 rings (SSSR count). The van der Waals surface area contributed by atoms with E-state index in [0.29, 0.717) is 4.08 Å². The fourth-order valence-corrected chi connectivity index (χ4v) is 9.50. The van der Waals surface area contributed by atoms with Gasteiger partial charge in [-0.3, -0.25) is 0 Å². The number of hydrogen-bond acceptors (Lipinski definition) is 4. The van der Waals surface area contributed by atoms with E-state index in [1.54, 1.807) is 0 Å². The maximum atomic E-state index is 6.00. The fourth-order valence-electron chi connectivity index (χ4n) is 6.06. The summed E-state index contributed by atoms with van der Waals surface area (Å²) in [6.07, 6.45) is 31.2. The second kappa shape index (κ2) is 18.8. The Kier molecular flexibility index (Phi) is 16.2. The molecule has 1 saturated carbocycles. The monoisotopic (exact) mass is 526 g/mol. The average molecular weight is 527 g/mol. The minimum Gasteiger partial charge on any atom is -0.353 e. The van der Waals surface area contributed by atoms with Gasteiger partial charge in [-0.05, 0) is 81.1 Å². The van der Waals surface area contributed by atoms with E-state index < -0.39 is 0 Å². The van der Waals surface area contributed by atoms with Gasteiger partial charge in [-0.25, -0.2) is 0 Å². The van der Waals surface area contributed by atoms with Crippen molar-refractivity contribution in [2.75, 3.05) is 24.7 Å². The Balaban J connectivity index is 1.17. The molecule has 1 aliphatic carbocycles. The topological polar surface area (TPSA) is 18.5 Å². The van der Waals surface area contributed by atoms with Crippen molar-refractivity contribution < 1.29 is 9.47 Å². The Morgan fingerprint density at radius 2 is 1.34 bits per heavy atom. The van der Waals surface area contributed by atoms with Gasteiger partial charge in [0.2, 0.25) is 0 Å². The summed E-state index contributed by atoms with van der Waals surface area (Å²) < 4.78 is 12.3. The summed E-state index contributed by atoms with van der Waals surface area (Å²) in [6.45, 7) is 4.12. The van der Waals surface area contributed by atoms with Crippen molar-refractivity contribution in [3.63, 3.8) is 0 Å². The van der Waals surface area contributed by atoms with Gasteiger partial charge in [0.25, 0.3) is 0 Å². The molecule has 3 fully saturated rings. The third-order valence-electron chi connectivity index (χ3n) is 8.58. The van der Waals surface area contributed by atoms with Gasteiger partial charge in [0.05, 0.1) is 10.7 Å². The quantitative estimate of drug-likeness (QED) is 0.138. The van der Waals surface area contributed by atoms with Crippen LogP contribution in [0, 0.1) is 11.8 Å². The molecule has 0 aromatic heterocycles. The zero-order chi connectivity index (χ0) is 24.4. The number of unbranched alkanes of at least 4 members (excludes halogenated alkanes) is 12. The van der Waals surface area contributed by atoms with E-state index >= 15 is 0 Å². The van der Waals surface area contributed by atoms with Crippen molar-refractivity contribution in [3.8, 4) is 0 Å². The number of rotatable bonds is 21. The van der Waals surface area contributed by atoms with E-state index in [0.717, 1.165) is 31.5 Å². The Bertz CT molecular complexity index is 502. The summed E-state index contributed by atoms with van der Waals surface area (Å²) in [5.74, 6) is 4.71. The predicted molar refractivity (Wildman–Crippen MR) is 158 cm³/mol. The van der Waals surface area contributed by atoms with Crippen LogP contribution < -0.4 is 0 Å². The molecular weight excluding hydrogens is 468 g/mol. The van der Waals surface area contributed by atoms with Crippen LogP contribution in [0.1, 0.15) is 148 Å². The van der Waals surface area contributed by atoms with Gasteiger partial charge in [-0.15, -0.1) is 23.5 Å². The van der Waals surface area contributed by atoms with Crippen LogP contribution in [-0.4, -0.2) is 35.1 Å². The first kappa shape index (κ1) is 30.2. The first-order valence-electron chi connectivity index (χ1n) is 15.8. The Morgan fingerprint density at radius 1 is 0.714 bits per heavy atom. The molecule has 0 bridgehead atoms. The zero-order valence-electron chi connectivity index (χ0n) is 23.2. The van der Waals surface area contributed by atoms with Crippen molar-refractivity contribution in [1.29, 1.82) is 0 Å². The minimum atomic E-state index is 0.0968. The largest absolute Gasteiger partial charge is 0.353 e. The summed E-state index contributed by atoms with van der Waals surface area (Å²) in [7, 11) is 0. The standard InChI is InChI=1S/C31H58O2S2/c1-2-3-4-5-6-7-8-9-10-11-12-13-15-21-31(34-25-17-26-35-31)22-19-28-27-29(28)20-24-33-30-18-14-16-23-32-30/h28-30H,2-27H2,1H3. The lowest BCUT2D eigenvalue weighted by Gasteiger charge is -2.36. The van der Waals surface area contributed by atoms with E-state index in [4.69, 9.17) is 9.47 Å². The highest BCUT2D eigenvalue weighted by molar-refractivity contribution is 8.18. The molecule has 35 heavy (non-hydrogen) atoms. The minimum absolute atomic E-state index is 0.0968. The molecule has 0 aromatic carbocycles. The van der Waals surface area contributed by atoms with Crippen LogP contribution in [0.25, 0.3) is 0 Å². The number of hydrogen-bond donors (Lipinski definition) is 0. The molecule has 3 unspecified atom stereocenters. The highest BCUT2D eigenvalue weighted by atomic mass is 32.2. The molecule has 0 amide bonds. The normalized spacial score (nSPS) is 26.1. The van der Waals surface area contributed by atoms with E-state index in [1.165, 1.54) is 146 Å². The molecule has 0 aromatic rings. The molecular formula is C31H58O2S2. The molecule has 3 aliphatic rings. The fraction of sp³-hybridized carbons (Fsp3) is 1.00. The first-order chi connectivity index (χ1) is 17.3. The van der Waals surface area contributed by atoms with Crippen LogP contribution in [0.3, 0.4) is 0 Å². The molecule has 0 spiro atoms. The summed E-state index contributed by atoms with van der Waals surface area (Å²) in [5, 5.41) is 0. The molecule has 0 radical (unpaired) electrons. The van der Waals surface area contributed by atoms with E-state index in [-0.39, 0.29) is 6.29 Å². The smallest absolute Gasteiger partial charge is 0.157 e. The second-order valence-corrected chi connectivity index (χ2v) is 14.9. The first-order valence-corrected chi connectivity index (χ1v) is 17.8. The van der Waals surface area contributed by atoms with Crippen LogP contribution in [-0.2, 0) is 9.47 Å². The Hall–Kier alpha value is 0.620. The van der Waals surface area contributed by atoms with Gasteiger partial charge in [0, 0.05) is 6.61 Å². The summed E-state index contributed by atoms with van der Waals surface area (Å²) in [5.41, 5.74) is 0. The molecule has 2 heterocycles. The van der Waals surface area contributed by atoms with E-state index in [2.05, 4.69) is 30.4 Å². The summed E-state index contributed by atoms with van der Waals surface area (Å²) >= 11 is 4.65. The third kappa shape index (κ3) is 13.3. The van der Waals surface area contributed by atoms with Crippen molar-refractivity contribution >= 4 is 23.5 Å². The average Bonchev–Trinajstić information content (AvgIpc) is 3.65. The van der Waals surface area contributed by atoms with E-state index in [1.807, 2.05) is 0 Å². The van der Waals surface area contributed by atoms with Crippen LogP contribution in [0.2, 0.25) is 0 Å². The maximum Gasteiger partial charge on any atom is 0.157 e. The van der Waals surface area contributed by atoms with Crippen LogP contribution in [0.15, 0.2) is 0 Å². The highest BCUT2D eigenvalue weighted by Crippen LogP contribution is 2.53. The van der Waals surface area contributed by atoms with Gasteiger partial charge < -0.3 is 9.47 Å². The SMILES string of the molecule is CCCCCCCCCCCCCCCC1(CCC2CC2CCOC2CCCCO2)SCCCS1. The lowest BCUT2D eigenvalue weighted by Crippen LogP contribution is -2.25. The van der Waals surface area contributed by atoms with Crippen molar-refractivity contribution in [1.82, 2.24) is 0 Å². The molecule has 2 saturated heterocycles. The van der Waals surface area contributed by atoms with Crippen LogP contribution >= 0.6 is 23.5 Å². The van der Waals surface area contributed by atoms with Gasteiger partial charge in [-0.1, -0.05) is 90.4 Å². The third-order valence-corrected chi connectivity index (χ3v) is 12.1. The van der Waals surface area contributed by atoms with Crippen molar-refractivity contribution in [3.05, 3.63) is 0 Å². The van der Waals surface area contributed by atoms with Gasteiger partial charge in [0.1, 0.15) is 0 Å². The second-order valence-electron chi connectivity index (χ2n) is 11.7. The molecule has 3 atom stereocenters. The molecule has 2 aliphatic heterocycles. The Labute approximate surface area is 227 Å². The van der Waals surface area contributed by atoms with Gasteiger partial charge >= 0.3 is 0 Å². The number of thioether (sulfide) groups is 2. The molecule has 4 heteroatoms. The summed E-state index contributed by atoms with van der Waals surface area (Å²) in [6, 6.07) is 0. The molecule has 0 N–H and O–H groups in total. The molecule has 2 nitrogen and oxygen atoms in total.